The van der Waals surface area contributed by atoms with Crippen molar-refractivity contribution in [2.75, 3.05) is 18.5 Å². The number of nitrogens with one attached hydrogen (secondary N) is 1. The van der Waals surface area contributed by atoms with Gasteiger partial charge >= 0.3 is 5.97 Å². The van der Waals surface area contributed by atoms with Gasteiger partial charge in [0.2, 0.25) is 0 Å². The Morgan fingerprint density at radius 2 is 1.88 bits per heavy atom. The van der Waals surface area contributed by atoms with E-state index in [1.165, 1.54) is 12.1 Å². The zero-order chi connectivity index (χ0) is 17.5. The van der Waals surface area contributed by atoms with Gasteiger partial charge in [-0.1, -0.05) is 18.2 Å². The van der Waals surface area contributed by atoms with Gasteiger partial charge in [0.05, 0.1) is 16.6 Å². The summed E-state index contributed by atoms with van der Waals surface area (Å²) in [6.45, 7) is 1.87. The van der Waals surface area contributed by atoms with Crippen molar-refractivity contribution in [3.8, 4) is 11.5 Å². The molecule has 0 radical (unpaired) electrons. The van der Waals surface area contributed by atoms with Crippen molar-refractivity contribution in [1.82, 2.24) is 0 Å². The van der Waals surface area contributed by atoms with E-state index < -0.39 is 5.97 Å². The molecular formula is C17H16BrNO5. The average Bonchev–Trinajstić information content (AvgIpc) is 2.55. The number of benzene rings is 2. The molecule has 7 heteroatoms. The number of rotatable bonds is 7. The number of anilines is 1. The van der Waals surface area contributed by atoms with Crippen LogP contribution in [0, 0.1) is 0 Å². The summed E-state index contributed by atoms with van der Waals surface area (Å²) in [6, 6.07) is 11.8. The highest BCUT2D eigenvalue weighted by molar-refractivity contribution is 9.10. The molecule has 24 heavy (non-hydrogen) atoms. The lowest BCUT2D eigenvalue weighted by Gasteiger charge is -2.14. The highest BCUT2D eigenvalue weighted by Crippen LogP contribution is 2.37. The molecule has 2 aromatic rings. The molecule has 6 nitrogen and oxygen atoms in total. The molecule has 0 aliphatic heterocycles. The fourth-order valence-corrected chi connectivity index (χ4v) is 2.51. The Balaban J connectivity index is 2.10. The average molecular weight is 394 g/mol. The van der Waals surface area contributed by atoms with E-state index >= 15 is 0 Å². The Hall–Kier alpha value is -2.54. The maximum atomic E-state index is 12.0. The maximum Gasteiger partial charge on any atom is 0.335 e. The number of halogens is 1. The van der Waals surface area contributed by atoms with E-state index in [1.54, 1.807) is 19.1 Å². The third-order valence-electron chi connectivity index (χ3n) is 2.96. The summed E-state index contributed by atoms with van der Waals surface area (Å²) >= 11 is 3.25. The second-order valence-corrected chi connectivity index (χ2v) is 5.58. The zero-order valence-corrected chi connectivity index (χ0v) is 14.5. The molecule has 0 saturated heterocycles. The molecule has 2 rings (SSSR count). The van der Waals surface area contributed by atoms with Crippen LogP contribution >= 0.6 is 15.9 Å². The second kappa shape index (κ2) is 8.35. The van der Waals surface area contributed by atoms with Crippen molar-refractivity contribution >= 4 is 33.5 Å². The summed E-state index contributed by atoms with van der Waals surface area (Å²) in [5.41, 5.74) is 0.725. The molecule has 0 aromatic heterocycles. The molecule has 2 aromatic carbocycles. The van der Waals surface area contributed by atoms with Crippen molar-refractivity contribution in [3.05, 3.63) is 52.5 Å². The molecule has 0 saturated carbocycles. The molecular weight excluding hydrogens is 378 g/mol. The van der Waals surface area contributed by atoms with E-state index in [1.807, 2.05) is 18.2 Å². The fourth-order valence-electron chi connectivity index (χ4n) is 1.95. The van der Waals surface area contributed by atoms with Crippen molar-refractivity contribution < 1.29 is 24.2 Å². The number of ether oxygens (including phenoxy) is 2. The summed E-state index contributed by atoms with van der Waals surface area (Å²) in [7, 11) is 0. The molecule has 0 aliphatic rings. The van der Waals surface area contributed by atoms with Gasteiger partial charge in [-0.2, -0.15) is 0 Å². The summed E-state index contributed by atoms with van der Waals surface area (Å²) in [5.74, 6) is -0.871. The number of hydrogen-bond donors (Lipinski definition) is 2. The molecule has 0 spiro atoms. The highest BCUT2D eigenvalue weighted by Gasteiger charge is 2.16. The first kappa shape index (κ1) is 17.8. The highest BCUT2D eigenvalue weighted by atomic mass is 79.9. The largest absolute Gasteiger partial charge is 0.490 e. The van der Waals surface area contributed by atoms with Gasteiger partial charge in [-0.25, -0.2) is 4.79 Å². The molecule has 0 aliphatic carbocycles. The van der Waals surface area contributed by atoms with E-state index in [9.17, 15) is 9.59 Å². The smallest absolute Gasteiger partial charge is 0.335 e. The number of carbonyl (C=O) groups is 2. The molecule has 1 amide bonds. The first-order valence-corrected chi connectivity index (χ1v) is 7.98. The third-order valence-corrected chi connectivity index (χ3v) is 3.55. The summed E-state index contributed by atoms with van der Waals surface area (Å²) in [5, 5.41) is 11.8. The SMILES string of the molecule is CCOc1cc(C(=O)O)cc(Br)c1OCC(=O)Nc1ccccc1. The fraction of sp³-hybridized carbons (Fsp3) is 0.176. The van der Waals surface area contributed by atoms with Gasteiger partial charge in [0.1, 0.15) is 0 Å². The molecule has 0 fully saturated rings. The van der Waals surface area contributed by atoms with Gasteiger partial charge in [-0.15, -0.1) is 0 Å². The van der Waals surface area contributed by atoms with Crippen molar-refractivity contribution in [1.29, 1.82) is 0 Å². The standard InChI is InChI=1S/C17H16BrNO5/c1-2-23-14-9-11(17(21)22)8-13(18)16(14)24-10-15(20)19-12-6-4-3-5-7-12/h3-9H,2,10H2,1H3,(H,19,20)(H,21,22). The van der Waals surface area contributed by atoms with E-state index in [2.05, 4.69) is 21.2 Å². The van der Waals surface area contributed by atoms with E-state index in [0.717, 1.165) is 0 Å². The molecule has 0 atom stereocenters. The van der Waals surface area contributed by atoms with Gasteiger partial charge in [0.25, 0.3) is 5.91 Å². The number of amides is 1. The van der Waals surface area contributed by atoms with Crippen molar-refractivity contribution in [2.45, 2.75) is 6.92 Å². The Morgan fingerprint density at radius 1 is 1.17 bits per heavy atom. The Kier molecular flexibility index (Phi) is 6.20. The topological polar surface area (TPSA) is 84.9 Å². The minimum atomic E-state index is -1.08. The normalized spacial score (nSPS) is 10.1. The maximum absolute atomic E-state index is 12.0. The van der Waals surface area contributed by atoms with Crippen molar-refractivity contribution in [3.63, 3.8) is 0 Å². The van der Waals surface area contributed by atoms with Crippen LogP contribution in [-0.2, 0) is 4.79 Å². The first-order chi connectivity index (χ1) is 11.5. The zero-order valence-electron chi connectivity index (χ0n) is 12.9. The van der Waals surface area contributed by atoms with Crippen LogP contribution in [0.15, 0.2) is 46.9 Å². The van der Waals surface area contributed by atoms with E-state index in [0.29, 0.717) is 16.8 Å². The van der Waals surface area contributed by atoms with Crippen LogP contribution < -0.4 is 14.8 Å². The summed E-state index contributed by atoms with van der Waals surface area (Å²) in [6.07, 6.45) is 0. The lowest BCUT2D eigenvalue weighted by Crippen LogP contribution is -2.20. The van der Waals surface area contributed by atoms with Gasteiger partial charge in [-0.05, 0) is 47.1 Å². The second-order valence-electron chi connectivity index (χ2n) is 4.73. The monoisotopic (exact) mass is 393 g/mol. The number of hydrogen-bond acceptors (Lipinski definition) is 4. The minimum absolute atomic E-state index is 0.0615. The molecule has 0 bridgehead atoms. The lowest BCUT2D eigenvalue weighted by atomic mass is 10.2. The quantitative estimate of drug-likeness (QED) is 0.750. The predicted octanol–water partition coefficient (Wildman–Crippen LogP) is 3.56. The number of aromatic carboxylic acids is 1. The van der Waals surface area contributed by atoms with Crippen molar-refractivity contribution in [2.24, 2.45) is 0 Å². The van der Waals surface area contributed by atoms with E-state index in [-0.39, 0.29) is 29.6 Å². The van der Waals surface area contributed by atoms with Gasteiger partial charge in [-0.3, -0.25) is 4.79 Å². The molecule has 126 valence electrons. The summed E-state index contributed by atoms with van der Waals surface area (Å²) in [4.78, 5) is 23.1. The Labute approximate surface area is 147 Å². The van der Waals surface area contributed by atoms with Crippen LogP contribution in [0.2, 0.25) is 0 Å². The van der Waals surface area contributed by atoms with Crippen LogP contribution in [0.4, 0.5) is 5.69 Å². The van der Waals surface area contributed by atoms with E-state index in [4.69, 9.17) is 14.6 Å². The molecule has 2 N–H and O–H groups in total. The third kappa shape index (κ3) is 4.73. The number of carboxylic acids is 1. The number of carbonyl (C=O) groups excluding carboxylic acids is 1. The number of carboxylic acid groups (broad SMARTS) is 1. The van der Waals surface area contributed by atoms with Gasteiger partial charge in [0, 0.05) is 5.69 Å². The van der Waals surface area contributed by atoms with Crippen LogP contribution in [-0.4, -0.2) is 30.2 Å². The van der Waals surface area contributed by atoms with Gasteiger partial charge in [0.15, 0.2) is 18.1 Å². The number of para-hydroxylation sites is 1. The Morgan fingerprint density at radius 3 is 2.50 bits per heavy atom. The lowest BCUT2D eigenvalue weighted by molar-refractivity contribution is -0.118. The molecule has 0 unspecified atom stereocenters. The van der Waals surface area contributed by atoms with Crippen LogP contribution in [0.25, 0.3) is 0 Å². The molecule has 0 heterocycles. The minimum Gasteiger partial charge on any atom is -0.490 e. The predicted molar refractivity (Wildman–Crippen MR) is 92.8 cm³/mol. The van der Waals surface area contributed by atoms with Crippen LogP contribution in [0.5, 0.6) is 11.5 Å². The van der Waals surface area contributed by atoms with Crippen LogP contribution in [0.3, 0.4) is 0 Å². The van der Waals surface area contributed by atoms with Gasteiger partial charge < -0.3 is 19.9 Å². The summed E-state index contributed by atoms with van der Waals surface area (Å²) < 4.78 is 11.3. The van der Waals surface area contributed by atoms with Crippen LogP contribution in [0.1, 0.15) is 17.3 Å². The first-order valence-electron chi connectivity index (χ1n) is 7.18. The Bertz CT molecular complexity index is 733.